The lowest BCUT2D eigenvalue weighted by atomic mass is 9.90. The van der Waals surface area contributed by atoms with Crippen LogP contribution in [0.15, 0.2) is 89.3 Å². The van der Waals surface area contributed by atoms with Gasteiger partial charge in [-0.2, -0.15) is 0 Å². The molecule has 0 saturated carbocycles. The molecule has 0 fully saturated rings. The quantitative estimate of drug-likeness (QED) is 0.335. The number of nitrogens with zero attached hydrogens (tertiary/aromatic N) is 3. The van der Waals surface area contributed by atoms with E-state index in [1.807, 2.05) is 85.8 Å². The third-order valence-corrected chi connectivity index (χ3v) is 5.54. The van der Waals surface area contributed by atoms with Crippen molar-refractivity contribution in [3.05, 3.63) is 107 Å². The van der Waals surface area contributed by atoms with Gasteiger partial charge in [-0.15, -0.1) is 10.2 Å². The van der Waals surface area contributed by atoms with E-state index in [4.69, 9.17) is 16.0 Å². The maximum Gasteiger partial charge on any atom is 0.249 e. The molecule has 0 aliphatic heterocycles. The lowest BCUT2D eigenvalue weighted by Gasteiger charge is -2.26. The minimum atomic E-state index is -0.407. The molecular formula is C26H24ClN3O2. The predicted molar refractivity (Wildman–Crippen MR) is 125 cm³/mol. The lowest BCUT2D eigenvalue weighted by molar-refractivity contribution is -0.132. The maximum atomic E-state index is 13.8. The molecule has 0 atom stereocenters. The molecule has 0 aliphatic rings. The summed E-state index contributed by atoms with van der Waals surface area (Å²) in [7, 11) is 0. The number of rotatable bonds is 8. The Kier molecular flexibility index (Phi) is 6.97. The first-order valence-electron chi connectivity index (χ1n) is 10.6. The van der Waals surface area contributed by atoms with Crippen LogP contribution in [0.25, 0.3) is 11.5 Å². The number of hydrogen-bond donors (Lipinski definition) is 0. The maximum absolute atomic E-state index is 13.8. The highest BCUT2D eigenvalue weighted by molar-refractivity contribution is 6.33. The van der Waals surface area contributed by atoms with E-state index in [0.717, 1.165) is 17.5 Å². The minimum absolute atomic E-state index is 0.00161. The Morgan fingerprint density at radius 3 is 2.09 bits per heavy atom. The highest BCUT2D eigenvalue weighted by Crippen LogP contribution is 2.29. The Bertz CT molecular complexity index is 1120. The lowest BCUT2D eigenvalue weighted by Crippen LogP contribution is -2.36. The van der Waals surface area contributed by atoms with E-state index in [9.17, 15) is 4.79 Å². The van der Waals surface area contributed by atoms with E-state index in [2.05, 4.69) is 10.2 Å². The molecule has 162 valence electrons. The van der Waals surface area contributed by atoms with Gasteiger partial charge in [0.1, 0.15) is 0 Å². The zero-order valence-corrected chi connectivity index (χ0v) is 18.6. The van der Waals surface area contributed by atoms with Crippen molar-refractivity contribution < 1.29 is 9.21 Å². The average molecular weight is 446 g/mol. The van der Waals surface area contributed by atoms with Crippen LogP contribution in [-0.4, -0.2) is 27.5 Å². The Morgan fingerprint density at radius 2 is 1.50 bits per heavy atom. The molecule has 5 nitrogen and oxygen atoms in total. The predicted octanol–water partition coefficient (Wildman–Crippen LogP) is 5.96. The van der Waals surface area contributed by atoms with Gasteiger partial charge in [-0.1, -0.05) is 91.3 Å². The molecule has 0 bridgehead atoms. The van der Waals surface area contributed by atoms with Crippen LogP contribution in [0.1, 0.15) is 36.3 Å². The van der Waals surface area contributed by atoms with Crippen LogP contribution in [0.5, 0.6) is 0 Å². The van der Waals surface area contributed by atoms with Crippen molar-refractivity contribution in [1.82, 2.24) is 15.1 Å². The number of carbonyl (C=O) groups is 1. The van der Waals surface area contributed by atoms with Gasteiger partial charge in [-0.25, -0.2) is 0 Å². The smallest absolute Gasteiger partial charge is 0.249 e. The summed E-state index contributed by atoms with van der Waals surface area (Å²) in [5, 5.41) is 8.85. The van der Waals surface area contributed by atoms with E-state index in [-0.39, 0.29) is 12.5 Å². The Balaban J connectivity index is 1.63. The molecule has 0 N–H and O–H groups in total. The summed E-state index contributed by atoms with van der Waals surface area (Å²) in [5.74, 6) is 0.315. The third kappa shape index (κ3) is 4.89. The van der Waals surface area contributed by atoms with E-state index in [1.165, 1.54) is 0 Å². The van der Waals surface area contributed by atoms with Crippen LogP contribution < -0.4 is 0 Å². The van der Waals surface area contributed by atoms with Gasteiger partial charge in [0.05, 0.1) is 23.0 Å². The Morgan fingerprint density at radius 1 is 0.906 bits per heavy atom. The summed E-state index contributed by atoms with van der Waals surface area (Å²) >= 11 is 6.26. The third-order valence-electron chi connectivity index (χ3n) is 5.22. The van der Waals surface area contributed by atoms with Crippen LogP contribution in [0.3, 0.4) is 0 Å². The van der Waals surface area contributed by atoms with Gasteiger partial charge >= 0.3 is 0 Å². The van der Waals surface area contributed by atoms with Crippen LogP contribution in [0.4, 0.5) is 0 Å². The zero-order chi connectivity index (χ0) is 22.3. The number of halogens is 1. The van der Waals surface area contributed by atoms with Crippen LogP contribution in [0, 0.1) is 0 Å². The van der Waals surface area contributed by atoms with Crippen molar-refractivity contribution in [1.29, 1.82) is 0 Å². The molecule has 0 radical (unpaired) electrons. The fourth-order valence-electron chi connectivity index (χ4n) is 3.71. The highest BCUT2D eigenvalue weighted by atomic mass is 35.5. The van der Waals surface area contributed by atoms with Gasteiger partial charge in [0.15, 0.2) is 0 Å². The number of carbonyl (C=O) groups excluding carboxylic acids is 1. The van der Waals surface area contributed by atoms with E-state index in [0.29, 0.717) is 28.9 Å². The van der Waals surface area contributed by atoms with Crippen molar-refractivity contribution >= 4 is 17.5 Å². The van der Waals surface area contributed by atoms with Gasteiger partial charge in [0.25, 0.3) is 0 Å². The fourth-order valence-corrected chi connectivity index (χ4v) is 3.93. The van der Waals surface area contributed by atoms with Crippen molar-refractivity contribution in [2.75, 3.05) is 6.54 Å². The molecule has 1 aromatic heterocycles. The SMILES string of the molecule is CCCN(Cc1nnc(-c2ccccc2Cl)o1)C(=O)C(c1ccccc1)c1ccccc1. The molecule has 0 aliphatic carbocycles. The van der Waals surface area contributed by atoms with Crippen molar-refractivity contribution in [2.24, 2.45) is 0 Å². The molecule has 0 unspecified atom stereocenters. The average Bonchev–Trinajstić information content (AvgIpc) is 3.29. The first kappa shape index (κ1) is 21.8. The van der Waals surface area contributed by atoms with E-state index >= 15 is 0 Å². The monoisotopic (exact) mass is 445 g/mol. The second-order valence-electron chi connectivity index (χ2n) is 7.49. The van der Waals surface area contributed by atoms with Crippen LogP contribution >= 0.6 is 11.6 Å². The molecule has 4 rings (SSSR count). The molecule has 1 amide bonds. The normalized spacial score (nSPS) is 11.0. The molecule has 1 heterocycles. The second-order valence-corrected chi connectivity index (χ2v) is 7.90. The Labute approximate surface area is 192 Å². The summed E-state index contributed by atoms with van der Waals surface area (Å²) in [6, 6.07) is 27.0. The van der Waals surface area contributed by atoms with Gasteiger partial charge in [0, 0.05) is 6.54 Å². The van der Waals surface area contributed by atoms with Gasteiger partial charge < -0.3 is 9.32 Å². The van der Waals surface area contributed by atoms with Crippen molar-refractivity contribution in [3.63, 3.8) is 0 Å². The highest BCUT2D eigenvalue weighted by Gasteiger charge is 2.28. The molecule has 3 aromatic carbocycles. The topological polar surface area (TPSA) is 59.2 Å². The van der Waals surface area contributed by atoms with Crippen molar-refractivity contribution in [3.8, 4) is 11.5 Å². The Hall–Kier alpha value is -3.44. The van der Waals surface area contributed by atoms with E-state index < -0.39 is 5.92 Å². The van der Waals surface area contributed by atoms with Gasteiger partial charge in [-0.05, 0) is 29.7 Å². The van der Waals surface area contributed by atoms with Gasteiger partial charge in [0.2, 0.25) is 17.7 Å². The summed E-state index contributed by atoms with van der Waals surface area (Å²) in [4.78, 5) is 15.6. The summed E-state index contributed by atoms with van der Waals surface area (Å²) in [6.45, 7) is 2.86. The second kappa shape index (κ2) is 10.2. The van der Waals surface area contributed by atoms with Crippen LogP contribution in [-0.2, 0) is 11.3 Å². The minimum Gasteiger partial charge on any atom is -0.419 e. The number of amides is 1. The molecular weight excluding hydrogens is 422 g/mol. The zero-order valence-electron chi connectivity index (χ0n) is 17.8. The molecule has 0 saturated heterocycles. The first-order valence-corrected chi connectivity index (χ1v) is 11.0. The fraction of sp³-hybridized carbons (Fsp3) is 0.192. The molecule has 32 heavy (non-hydrogen) atoms. The van der Waals surface area contributed by atoms with Crippen molar-refractivity contribution in [2.45, 2.75) is 25.8 Å². The largest absolute Gasteiger partial charge is 0.419 e. The number of hydrogen-bond acceptors (Lipinski definition) is 4. The summed E-state index contributed by atoms with van der Waals surface area (Å²) in [5.41, 5.74) is 2.58. The summed E-state index contributed by atoms with van der Waals surface area (Å²) < 4.78 is 5.87. The summed E-state index contributed by atoms with van der Waals surface area (Å²) in [6.07, 6.45) is 0.813. The first-order chi connectivity index (χ1) is 15.7. The number of benzene rings is 3. The van der Waals surface area contributed by atoms with Gasteiger partial charge in [-0.3, -0.25) is 4.79 Å². The molecule has 6 heteroatoms. The molecule has 4 aromatic rings. The standard InChI is InChI=1S/C26H24ClN3O2/c1-2-17-30(18-23-28-29-25(32-23)21-15-9-10-16-22(21)27)26(31)24(19-11-5-3-6-12-19)20-13-7-4-8-14-20/h3-16,24H,2,17-18H2,1H3. The molecule has 0 spiro atoms. The van der Waals surface area contributed by atoms with Crippen LogP contribution in [0.2, 0.25) is 5.02 Å². The van der Waals surface area contributed by atoms with E-state index in [1.54, 1.807) is 11.0 Å². The number of aromatic nitrogens is 2.